The van der Waals surface area contributed by atoms with Gasteiger partial charge in [0.15, 0.2) is 5.16 Å². The zero-order valence-electron chi connectivity index (χ0n) is 16.3. The molecule has 7 nitrogen and oxygen atoms in total. The normalized spacial score (nSPS) is 11.8. The van der Waals surface area contributed by atoms with Crippen LogP contribution in [-0.2, 0) is 4.79 Å². The molecular weight excluding hydrogens is 400 g/mol. The fourth-order valence-electron chi connectivity index (χ4n) is 3.00. The van der Waals surface area contributed by atoms with Crippen molar-refractivity contribution in [3.63, 3.8) is 0 Å². The fraction of sp³-hybridized carbons (Fsp3) is 0.136. The summed E-state index contributed by atoms with van der Waals surface area (Å²) in [6, 6.07) is 20.6. The SMILES string of the molecule is COc1ccc(-n2cnnc2SCC(=O)NC(c2ccccc2)c2ccco2)cc1. The van der Waals surface area contributed by atoms with Gasteiger partial charge in [-0.1, -0.05) is 42.1 Å². The van der Waals surface area contributed by atoms with Crippen LogP contribution in [0.2, 0.25) is 0 Å². The fourth-order valence-corrected chi connectivity index (χ4v) is 3.74. The number of amides is 1. The summed E-state index contributed by atoms with van der Waals surface area (Å²) >= 11 is 1.32. The van der Waals surface area contributed by atoms with E-state index in [2.05, 4.69) is 15.5 Å². The number of furan rings is 1. The largest absolute Gasteiger partial charge is 0.497 e. The third kappa shape index (κ3) is 4.55. The van der Waals surface area contributed by atoms with E-state index in [0.717, 1.165) is 17.0 Å². The monoisotopic (exact) mass is 420 g/mol. The zero-order chi connectivity index (χ0) is 20.8. The third-order valence-electron chi connectivity index (χ3n) is 4.47. The molecule has 1 amide bonds. The molecule has 0 bridgehead atoms. The van der Waals surface area contributed by atoms with Crippen molar-refractivity contribution < 1.29 is 13.9 Å². The lowest BCUT2D eigenvalue weighted by molar-refractivity contribution is -0.119. The number of carbonyl (C=O) groups is 1. The number of hydrogen-bond donors (Lipinski definition) is 1. The van der Waals surface area contributed by atoms with E-state index in [4.69, 9.17) is 9.15 Å². The van der Waals surface area contributed by atoms with Crippen molar-refractivity contribution in [2.75, 3.05) is 12.9 Å². The molecule has 2 aromatic carbocycles. The molecular formula is C22H20N4O3S. The molecule has 8 heteroatoms. The highest BCUT2D eigenvalue weighted by Crippen LogP contribution is 2.24. The summed E-state index contributed by atoms with van der Waals surface area (Å²) in [5.41, 5.74) is 1.84. The van der Waals surface area contributed by atoms with Gasteiger partial charge in [0.1, 0.15) is 23.9 Å². The predicted molar refractivity (Wildman–Crippen MR) is 114 cm³/mol. The van der Waals surface area contributed by atoms with Crippen molar-refractivity contribution in [1.29, 1.82) is 0 Å². The van der Waals surface area contributed by atoms with Gasteiger partial charge in [-0.15, -0.1) is 10.2 Å². The van der Waals surface area contributed by atoms with Crippen molar-refractivity contribution in [2.24, 2.45) is 0 Å². The molecule has 0 spiro atoms. The highest BCUT2D eigenvalue weighted by Gasteiger charge is 2.20. The third-order valence-corrected chi connectivity index (χ3v) is 5.41. The second-order valence-corrected chi connectivity index (χ2v) is 7.34. The van der Waals surface area contributed by atoms with E-state index >= 15 is 0 Å². The molecule has 4 rings (SSSR count). The van der Waals surface area contributed by atoms with E-state index in [0.29, 0.717) is 10.9 Å². The van der Waals surface area contributed by atoms with Gasteiger partial charge in [-0.05, 0) is 42.0 Å². The number of nitrogens with zero attached hydrogens (tertiary/aromatic N) is 3. The van der Waals surface area contributed by atoms with E-state index in [9.17, 15) is 4.79 Å². The van der Waals surface area contributed by atoms with Gasteiger partial charge in [-0.2, -0.15) is 0 Å². The molecule has 0 saturated carbocycles. The number of thioether (sulfide) groups is 1. The standard InChI is InChI=1S/C22H20N4O3S/c1-28-18-11-9-17(10-12-18)26-15-23-25-22(26)30-14-20(27)24-21(19-8-5-13-29-19)16-6-3-2-4-7-16/h2-13,15,21H,14H2,1H3,(H,24,27). The summed E-state index contributed by atoms with van der Waals surface area (Å²) in [6.07, 6.45) is 3.22. The maximum absolute atomic E-state index is 12.7. The Morgan fingerprint density at radius 1 is 1.13 bits per heavy atom. The van der Waals surface area contributed by atoms with Gasteiger partial charge in [-0.3, -0.25) is 9.36 Å². The Bertz CT molecular complexity index is 1080. The molecule has 0 aliphatic rings. The first-order chi connectivity index (χ1) is 14.7. The number of hydrogen-bond acceptors (Lipinski definition) is 6. The molecule has 152 valence electrons. The van der Waals surface area contributed by atoms with Gasteiger partial charge in [0, 0.05) is 5.69 Å². The summed E-state index contributed by atoms with van der Waals surface area (Å²) in [5.74, 6) is 1.51. The molecule has 0 aliphatic heterocycles. The molecule has 1 atom stereocenters. The number of nitrogens with one attached hydrogen (secondary N) is 1. The van der Waals surface area contributed by atoms with E-state index in [1.807, 2.05) is 71.3 Å². The molecule has 4 aromatic rings. The van der Waals surface area contributed by atoms with Crippen molar-refractivity contribution in [3.8, 4) is 11.4 Å². The van der Waals surface area contributed by atoms with Crippen LogP contribution in [0.1, 0.15) is 17.4 Å². The molecule has 0 saturated heterocycles. The second kappa shape index (κ2) is 9.32. The lowest BCUT2D eigenvalue weighted by Gasteiger charge is -2.17. The molecule has 0 aliphatic carbocycles. The Balaban J connectivity index is 1.44. The van der Waals surface area contributed by atoms with E-state index in [1.54, 1.807) is 19.7 Å². The summed E-state index contributed by atoms with van der Waals surface area (Å²) in [6.45, 7) is 0. The lowest BCUT2D eigenvalue weighted by Crippen LogP contribution is -2.30. The summed E-state index contributed by atoms with van der Waals surface area (Å²) in [5, 5.41) is 11.8. The summed E-state index contributed by atoms with van der Waals surface area (Å²) in [4.78, 5) is 12.7. The average molecular weight is 420 g/mol. The Hall–Kier alpha value is -3.52. The van der Waals surface area contributed by atoms with Gasteiger partial charge in [0.25, 0.3) is 0 Å². The van der Waals surface area contributed by atoms with Crippen molar-refractivity contribution in [2.45, 2.75) is 11.2 Å². The molecule has 1 unspecified atom stereocenters. The van der Waals surface area contributed by atoms with Gasteiger partial charge in [0.05, 0.1) is 19.1 Å². The molecule has 0 fully saturated rings. The first-order valence-electron chi connectivity index (χ1n) is 9.29. The smallest absolute Gasteiger partial charge is 0.231 e. The van der Waals surface area contributed by atoms with Gasteiger partial charge < -0.3 is 14.5 Å². The molecule has 1 N–H and O–H groups in total. The van der Waals surface area contributed by atoms with Crippen LogP contribution in [0.25, 0.3) is 5.69 Å². The second-order valence-electron chi connectivity index (χ2n) is 6.40. The number of benzene rings is 2. The van der Waals surface area contributed by atoms with Gasteiger partial charge in [0.2, 0.25) is 5.91 Å². The first kappa shape index (κ1) is 19.8. The first-order valence-corrected chi connectivity index (χ1v) is 10.3. The van der Waals surface area contributed by atoms with Crippen LogP contribution in [0.4, 0.5) is 0 Å². The zero-order valence-corrected chi connectivity index (χ0v) is 17.1. The molecule has 2 heterocycles. The van der Waals surface area contributed by atoms with Crippen LogP contribution in [0, 0.1) is 0 Å². The number of rotatable bonds is 8. The number of carbonyl (C=O) groups excluding carboxylic acids is 1. The minimum absolute atomic E-state index is 0.130. The maximum atomic E-state index is 12.7. The Kier molecular flexibility index (Phi) is 6.14. The lowest BCUT2D eigenvalue weighted by atomic mass is 10.0. The van der Waals surface area contributed by atoms with Crippen LogP contribution in [-0.4, -0.2) is 33.5 Å². The Labute approximate surface area is 178 Å². The summed E-state index contributed by atoms with van der Waals surface area (Å²) < 4.78 is 12.6. The van der Waals surface area contributed by atoms with E-state index < -0.39 is 0 Å². The average Bonchev–Trinajstić information content (AvgIpc) is 3.49. The molecule has 30 heavy (non-hydrogen) atoms. The van der Waals surface area contributed by atoms with E-state index in [-0.39, 0.29) is 17.7 Å². The maximum Gasteiger partial charge on any atom is 0.231 e. The highest BCUT2D eigenvalue weighted by atomic mass is 32.2. The van der Waals surface area contributed by atoms with E-state index in [1.165, 1.54) is 11.8 Å². The van der Waals surface area contributed by atoms with Crippen LogP contribution >= 0.6 is 11.8 Å². The minimum Gasteiger partial charge on any atom is -0.497 e. The van der Waals surface area contributed by atoms with Crippen LogP contribution in [0.3, 0.4) is 0 Å². The number of aromatic nitrogens is 3. The topological polar surface area (TPSA) is 82.2 Å². The van der Waals surface area contributed by atoms with Crippen molar-refractivity contribution in [1.82, 2.24) is 20.1 Å². The number of methoxy groups -OCH3 is 1. The van der Waals surface area contributed by atoms with Crippen LogP contribution < -0.4 is 10.1 Å². The molecule has 0 radical (unpaired) electrons. The van der Waals surface area contributed by atoms with Gasteiger partial charge >= 0.3 is 0 Å². The van der Waals surface area contributed by atoms with Crippen molar-refractivity contribution >= 4 is 17.7 Å². The Morgan fingerprint density at radius 3 is 2.63 bits per heavy atom. The molecule has 2 aromatic heterocycles. The quantitative estimate of drug-likeness (QED) is 0.436. The van der Waals surface area contributed by atoms with Crippen LogP contribution in [0.15, 0.2) is 88.9 Å². The summed E-state index contributed by atoms with van der Waals surface area (Å²) in [7, 11) is 1.62. The number of ether oxygens (including phenoxy) is 1. The Morgan fingerprint density at radius 2 is 1.93 bits per heavy atom. The highest BCUT2D eigenvalue weighted by molar-refractivity contribution is 7.99. The van der Waals surface area contributed by atoms with Gasteiger partial charge in [-0.25, -0.2) is 0 Å². The predicted octanol–water partition coefficient (Wildman–Crippen LogP) is 3.87. The van der Waals surface area contributed by atoms with Crippen LogP contribution in [0.5, 0.6) is 5.75 Å². The minimum atomic E-state index is -0.353. The van der Waals surface area contributed by atoms with Crippen molar-refractivity contribution in [3.05, 3.63) is 90.6 Å².